The lowest BCUT2D eigenvalue weighted by Gasteiger charge is -1.99. The number of carboxylic acid groups (broad SMARTS) is 1. The largest absolute Gasteiger partial charge is 0.478 e. The molecule has 0 saturated heterocycles. The van der Waals surface area contributed by atoms with Crippen molar-refractivity contribution >= 4 is 21.9 Å². The molecule has 0 amide bonds. The molecule has 14 heavy (non-hydrogen) atoms. The van der Waals surface area contributed by atoms with Gasteiger partial charge in [0, 0.05) is 5.56 Å². The molecule has 0 fully saturated rings. The van der Waals surface area contributed by atoms with Crippen molar-refractivity contribution in [2.24, 2.45) is 0 Å². The van der Waals surface area contributed by atoms with Crippen molar-refractivity contribution in [3.8, 4) is 11.8 Å². The van der Waals surface area contributed by atoms with Crippen LogP contribution in [0.4, 0.5) is 4.39 Å². The van der Waals surface area contributed by atoms with Gasteiger partial charge in [-0.2, -0.15) is 0 Å². The van der Waals surface area contributed by atoms with Gasteiger partial charge in [-0.05, 0) is 12.1 Å². The zero-order valence-electron chi connectivity index (χ0n) is 7.05. The lowest BCUT2D eigenvalue weighted by Crippen LogP contribution is -2.03. The van der Waals surface area contributed by atoms with Gasteiger partial charge in [0.2, 0.25) is 0 Å². The second kappa shape index (κ2) is 4.77. The maximum atomic E-state index is 13.1. The number of alkyl halides is 1. The summed E-state index contributed by atoms with van der Waals surface area (Å²) >= 11 is 3.07. The third-order valence-corrected chi connectivity index (χ3v) is 1.80. The van der Waals surface area contributed by atoms with E-state index < -0.39 is 11.8 Å². The van der Waals surface area contributed by atoms with Crippen LogP contribution in [0.25, 0.3) is 0 Å². The Kier molecular flexibility index (Phi) is 3.66. The van der Waals surface area contributed by atoms with Crippen LogP contribution >= 0.6 is 15.9 Å². The van der Waals surface area contributed by atoms with Crippen molar-refractivity contribution in [1.82, 2.24) is 0 Å². The Morgan fingerprint density at radius 3 is 2.86 bits per heavy atom. The number of aromatic carboxylic acids is 1. The maximum Gasteiger partial charge on any atom is 0.339 e. The average molecular weight is 257 g/mol. The highest BCUT2D eigenvalue weighted by Gasteiger charge is 2.13. The first-order chi connectivity index (χ1) is 6.66. The number of carbonyl (C=O) groups is 1. The van der Waals surface area contributed by atoms with Gasteiger partial charge in [-0.25, -0.2) is 9.18 Å². The lowest BCUT2D eigenvalue weighted by molar-refractivity contribution is 0.0691. The van der Waals surface area contributed by atoms with Gasteiger partial charge in [0.15, 0.2) is 0 Å². The first-order valence-electron chi connectivity index (χ1n) is 3.73. The van der Waals surface area contributed by atoms with Crippen molar-refractivity contribution in [2.45, 2.75) is 0 Å². The van der Waals surface area contributed by atoms with Crippen LogP contribution in [0, 0.1) is 17.7 Å². The molecular formula is C10H6BrFO2. The first-order valence-corrected chi connectivity index (χ1v) is 4.85. The Morgan fingerprint density at radius 1 is 1.57 bits per heavy atom. The van der Waals surface area contributed by atoms with Crippen LogP contribution in [0.2, 0.25) is 0 Å². The van der Waals surface area contributed by atoms with Gasteiger partial charge < -0.3 is 5.11 Å². The summed E-state index contributed by atoms with van der Waals surface area (Å²) in [4.78, 5) is 10.7. The molecule has 0 heterocycles. The minimum Gasteiger partial charge on any atom is -0.478 e. The second-order valence-electron chi connectivity index (χ2n) is 2.40. The highest BCUT2D eigenvalue weighted by molar-refractivity contribution is 9.09. The number of hydrogen-bond acceptors (Lipinski definition) is 1. The molecule has 0 bridgehead atoms. The molecule has 0 aliphatic rings. The fraction of sp³-hybridized carbons (Fsp3) is 0.100. The van der Waals surface area contributed by atoms with E-state index in [1.165, 1.54) is 12.1 Å². The van der Waals surface area contributed by atoms with Crippen molar-refractivity contribution in [3.63, 3.8) is 0 Å². The number of rotatable bonds is 1. The summed E-state index contributed by atoms with van der Waals surface area (Å²) in [6, 6.07) is 4.00. The van der Waals surface area contributed by atoms with Gasteiger partial charge >= 0.3 is 5.97 Å². The van der Waals surface area contributed by atoms with Gasteiger partial charge in [0.1, 0.15) is 11.4 Å². The summed E-state index contributed by atoms with van der Waals surface area (Å²) in [6.45, 7) is 0. The number of carboxylic acids is 1. The van der Waals surface area contributed by atoms with E-state index in [1.54, 1.807) is 0 Å². The Labute approximate surface area is 88.9 Å². The van der Waals surface area contributed by atoms with Crippen LogP contribution < -0.4 is 0 Å². The normalized spacial score (nSPS) is 9.00. The summed E-state index contributed by atoms with van der Waals surface area (Å²) in [6.07, 6.45) is 0. The molecule has 1 N–H and O–H groups in total. The molecule has 4 heteroatoms. The lowest BCUT2D eigenvalue weighted by atomic mass is 10.1. The molecule has 1 aromatic carbocycles. The number of halogens is 2. The predicted molar refractivity (Wildman–Crippen MR) is 54.0 cm³/mol. The number of hydrogen-bond donors (Lipinski definition) is 1. The summed E-state index contributed by atoms with van der Waals surface area (Å²) < 4.78 is 13.1. The Morgan fingerprint density at radius 2 is 2.29 bits per heavy atom. The Hall–Kier alpha value is -1.34. The molecule has 0 spiro atoms. The van der Waals surface area contributed by atoms with E-state index in [0.717, 1.165) is 6.07 Å². The van der Waals surface area contributed by atoms with Crippen LogP contribution in [0.15, 0.2) is 18.2 Å². The van der Waals surface area contributed by atoms with Crippen LogP contribution in [-0.4, -0.2) is 16.4 Å². The molecular weight excluding hydrogens is 251 g/mol. The third-order valence-electron chi connectivity index (χ3n) is 1.52. The molecule has 0 unspecified atom stereocenters. The highest BCUT2D eigenvalue weighted by atomic mass is 79.9. The van der Waals surface area contributed by atoms with E-state index in [-0.39, 0.29) is 11.1 Å². The van der Waals surface area contributed by atoms with E-state index in [2.05, 4.69) is 27.8 Å². The SMILES string of the molecule is O=C(O)c1c(F)cccc1C#CCBr. The summed E-state index contributed by atoms with van der Waals surface area (Å²) in [5.41, 5.74) is -0.182. The molecule has 72 valence electrons. The maximum absolute atomic E-state index is 13.1. The molecule has 0 aromatic heterocycles. The second-order valence-corrected chi connectivity index (χ2v) is 2.96. The molecule has 0 aliphatic carbocycles. The van der Waals surface area contributed by atoms with E-state index in [0.29, 0.717) is 5.33 Å². The molecule has 0 atom stereocenters. The number of benzene rings is 1. The monoisotopic (exact) mass is 256 g/mol. The Balaban J connectivity index is 3.28. The summed E-state index contributed by atoms with van der Waals surface area (Å²) in [7, 11) is 0. The molecule has 1 rings (SSSR count). The van der Waals surface area contributed by atoms with Gasteiger partial charge in [-0.15, -0.1) is 0 Å². The molecule has 0 saturated carbocycles. The van der Waals surface area contributed by atoms with Crippen LogP contribution in [0.1, 0.15) is 15.9 Å². The minimum atomic E-state index is -1.30. The summed E-state index contributed by atoms with van der Waals surface area (Å²) in [5.74, 6) is 3.12. The molecule has 2 nitrogen and oxygen atoms in total. The van der Waals surface area contributed by atoms with Gasteiger partial charge in [-0.3, -0.25) is 0 Å². The van der Waals surface area contributed by atoms with Gasteiger partial charge in [0.05, 0.1) is 5.33 Å². The quantitative estimate of drug-likeness (QED) is 0.619. The van der Waals surface area contributed by atoms with Gasteiger partial charge in [0.25, 0.3) is 0 Å². The fourth-order valence-corrected chi connectivity index (χ4v) is 1.11. The van der Waals surface area contributed by atoms with Crippen molar-refractivity contribution in [3.05, 3.63) is 35.1 Å². The zero-order valence-corrected chi connectivity index (χ0v) is 8.64. The topological polar surface area (TPSA) is 37.3 Å². The highest BCUT2D eigenvalue weighted by Crippen LogP contribution is 2.12. The van der Waals surface area contributed by atoms with Crippen molar-refractivity contribution in [1.29, 1.82) is 0 Å². The van der Waals surface area contributed by atoms with E-state index in [9.17, 15) is 9.18 Å². The third kappa shape index (κ3) is 2.33. The van der Waals surface area contributed by atoms with Crippen LogP contribution in [0.3, 0.4) is 0 Å². The molecule has 1 aromatic rings. The molecule has 0 radical (unpaired) electrons. The standard InChI is InChI=1S/C10H6BrFO2/c11-6-2-4-7-3-1-5-8(12)9(7)10(13)14/h1,3,5H,6H2,(H,13,14). The van der Waals surface area contributed by atoms with Crippen molar-refractivity contribution < 1.29 is 14.3 Å². The minimum absolute atomic E-state index is 0.192. The fourth-order valence-electron chi connectivity index (χ4n) is 0.974. The Bertz CT molecular complexity index is 418. The average Bonchev–Trinajstić information content (AvgIpc) is 2.14. The van der Waals surface area contributed by atoms with E-state index >= 15 is 0 Å². The van der Waals surface area contributed by atoms with Crippen molar-refractivity contribution in [2.75, 3.05) is 5.33 Å². The van der Waals surface area contributed by atoms with E-state index in [1.807, 2.05) is 0 Å². The van der Waals surface area contributed by atoms with E-state index in [4.69, 9.17) is 5.11 Å². The van der Waals surface area contributed by atoms with Crippen LogP contribution in [-0.2, 0) is 0 Å². The zero-order chi connectivity index (χ0) is 10.6. The predicted octanol–water partition coefficient (Wildman–Crippen LogP) is 2.27. The van der Waals surface area contributed by atoms with Crippen LogP contribution in [0.5, 0.6) is 0 Å². The first kappa shape index (κ1) is 10.7. The smallest absolute Gasteiger partial charge is 0.339 e. The molecule has 0 aliphatic heterocycles. The summed E-state index contributed by atoms with van der Waals surface area (Å²) in [5, 5.41) is 9.15. The van der Waals surface area contributed by atoms with Gasteiger partial charge in [-0.1, -0.05) is 33.8 Å².